The average molecular weight is 286 g/mol. The lowest BCUT2D eigenvalue weighted by Gasteiger charge is -2.43. The summed E-state index contributed by atoms with van der Waals surface area (Å²) >= 11 is 0. The van der Waals surface area contributed by atoms with Gasteiger partial charge in [-0.15, -0.1) is 0 Å². The van der Waals surface area contributed by atoms with Crippen molar-refractivity contribution in [1.82, 2.24) is 15.2 Å². The van der Waals surface area contributed by atoms with Gasteiger partial charge in [0.15, 0.2) is 0 Å². The van der Waals surface area contributed by atoms with Crippen molar-refractivity contribution >= 4 is 5.82 Å². The standard InChI is InChI=1S/C17H26N4/c1-13-11-20-9-3-5-16(20)12-21(13)17-6-2-4-15(19-17)10-18-14-7-8-14/h2,4,6,13-14,16,18H,3,5,7-12H2,1H3. The number of nitrogens with zero attached hydrogens (tertiary/aromatic N) is 3. The van der Waals surface area contributed by atoms with Crippen LogP contribution in [0.25, 0.3) is 0 Å². The number of hydrogen-bond acceptors (Lipinski definition) is 4. The summed E-state index contributed by atoms with van der Waals surface area (Å²) in [5.41, 5.74) is 1.18. The summed E-state index contributed by atoms with van der Waals surface area (Å²) in [6.45, 7) is 6.88. The lowest BCUT2D eigenvalue weighted by molar-refractivity contribution is 0.202. The summed E-state index contributed by atoms with van der Waals surface area (Å²) < 4.78 is 0. The van der Waals surface area contributed by atoms with Gasteiger partial charge in [0.2, 0.25) is 0 Å². The van der Waals surface area contributed by atoms with Crippen molar-refractivity contribution in [2.24, 2.45) is 0 Å². The van der Waals surface area contributed by atoms with Gasteiger partial charge in [-0.3, -0.25) is 4.90 Å². The van der Waals surface area contributed by atoms with E-state index in [1.54, 1.807) is 0 Å². The van der Waals surface area contributed by atoms with E-state index in [9.17, 15) is 0 Å². The monoisotopic (exact) mass is 286 g/mol. The number of nitrogens with one attached hydrogen (secondary N) is 1. The van der Waals surface area contributed by atoms with Gasteiger partial charge in [0.05, 0.1) is 5.69 Å². The van der Waals surface area contributed by atoms with E-state index in [0.717, 1.165) is 25.2 Å². The molecule has 0 bridgehead atoms. The molecule has 1 N–H and O–H groups in total. The number of rotatable bonds is 4. The molecule has 3 fully saturated rings. The van der Waals surface area contributed by atoms with Crippen molar-refractivity contribution in [3.05, 3.63) is 23.9 Å². The highest BCUT2D eigenvalue weighted by Crippen LogP contribution is 2.27. The molecule has 0 aromatic carbocycles. The van der Waals surface area contributed by atoms with Gasteiger partial charge in [0, 0.05) is 37.8 Å². The van der Waals surface area contributed by atoms with Gasteiger partial charge in [0.1, 0.15) is 5.82 Å². The third-order valence-electron chi connectivity index (χ3n) is 5.17. The van der Waals surface area contributed by atoms with E-state index >= 15 is 0 Å². The second kappa shape index (κ2) is 5.58. The van der Waals surface area contributed by atoms with Crippen molar-refractivity contribution < 1.29 is 0 Å². The Kier molecular flexibility index (Phi) is 3.59. The molecule has 3 heterocycles. The van der Waals surface area contributed by atoms with Crippen LogP contribution in [0.1, 0.15) is 38.3 Å². The number of fused-ring (bicyclic) bond motifs is 1. The van der Waals surface area contributed by atoms with E-state index < -0.39 is 0 Å². The van der Waals surface area contributed by atoms with Crippen LogP contribution in [0.15, 0.2) is 18.2 Å². The second-order valence-corrected chi connectivity index (χ2v) is 6.93. The maximum atomic E-state index is 4.91. The fourth-order valence-corrected chi connectivity index (χ4v) is 3.77. The SMILES string of the molecule is CC1CN2CCCC2CN1c1cccc(CNC2CC2)n1. The Morgan fingerprint density at radius 3 is 3.00 bits per heavy atom. The number of pyridine rings is 1. The third-order valence-corrected chi connectivity index (χ3v) is 5.17. The molecule has 1 aliphatic carbocycles. The summed E-state index contributed by atoms with van der Waals surface area (Å²) in [5.74, 6) is 1.17. The molecule has 0 radical (unpaired) electrons. The highest BCUT2D eigenvalue weighted by molar-refractivity contribution is 5.42. The van der Waals surface area contributed by atoms with Crippen LogP contribution in [0.4, 0.5) is 5.82 Å². The number of anilines is 1. The van der Waals surface area contributed by atoms with Gasteiger partial charge in [-0.25, -0.2) is 4.98 Å². The Hall–Kier alpha value is -1.13. The Morgan fingerprint density at radius 2 is 2.14 bits per heavy atom. The van der Waals surface area contributed by atoms with E-state index in [2.05, 4.69) is 40.2 Å². The first kappa shape index (κ1) is 13.5. The molecule has 2 unspecified atom stereocenters. The van der Waals surface area contributed by atoms with Crippen molar-refractivity contribution in [2.75, 3.05) is 24.5 Å². The zero-order valence-electron chi connectivity index (χ0n) is 13.0. The zero-order chi connectivity index (χ0) is 14.2. The van der Waals surface area contributed by atoms with Gasteiger partial charge in [-0.2, -0.15) is 0 Å². The molecule has 2 saturated heterocycles. The van der Waals surface area contributed by atoms with E-state index in [0.29, 0.717) is 6.04 Å². The van der Waals surface area contributed by atoms with Crippen LogP contribution in [0.3, 0.4) is 0 Å². The molecular weight excluding hydrogens is 260 g/mol. The molecule has 3 aliphatic rings. The molecule has 4 nitrogen and oxygen atoms in total. The topological polar surface area (TPSA) is 31.4 Å². The Labute approximate surface area is 127 Å². The molecule has 2 atom stereocenters. The Balaban J connectivity index is 1.47. The van der Waals surface area contributed by atoms with E-state index in [-0.39, 0.29) is 0 Å². The van der Waals surface area contributed by atoms with Crippen LogP contribution in [0.2, 0.25) is 0 Å². The highest BCUT2D eigenvalue weighted by atomic mass is 15.3. The van der Waals surface area contributed by atoms with Gasteiger partial charge >= 0.3 is 0 Å². The fourth-order valence-electron chi connectivity index (χ4n) is 3.77. The predicted molar refractivity (Wildman–Crippen MR) is 85.5 cm³/mol. The molecule has 1 aromatic heterocycles. The van der Waals surface area contributed by atoms with Gasteiger partial charge < -0.3 is 10.2 Å². The lowest BCUT2D eigenvalue weighted by atomic mass is 10.1. The minimum atomic E-state index is 0.568. The summed E-state index contributed by atoms with van der Waals surface area (Å²) in [6, 6.07) is 8.56. The van der Waals surface area contributed by atoms with Crippen molar-refractivity contribution in [3.63, 3.8) is 0 Å². The number of hydrogen-bond donors (Lipinski definition) is 1. The molecule has 4 heteroatoms. The van der Waals surface area contributed by atoms with Gasteiger partial charge in [-0.05, 0) is 51.3 Å². The van der Waals surface area contributed by atoms with Crippen LogP contribution in [0, 0.1) is 0 Å². The molecule has 0 amide bonds. The number of piperazine rings is 1. The predicted octanol–water partition coefficient (Wildman–Crippen LogP) is 2.01. The van der Waals surface area contributed by atoms with Crippen LogP contribution in [0.5, 0.6) is 0 Å². The van der Waals surface area contributed by atoms with Crippen molar-refractivity contribution in [1.29, 1.82) is 0 Å². The first-order chi connectivity index (χ1) is 10.3. The molecule has 0 spiro atoms. The molecule has 21 heavy (non-hydrogen) atoms. The molecule has 4 rings (SSSR count). The Morgan fingerprint density at radius 1 is 1.24 bits per heavy atom. The summed E-state index contributed by atoms with van der Waals surface area (Å²) in [7, 11) is 0. The molecule has 1 aromatic rings. The average Bonchev–Trinajstić information content (AvgIpc) is 3.22. The highest BCUT2D eigenvalue weighted by Gasteiger charge is 2.34. The van der Waals surface area contributed by atoms with E-state index in [4.69, 9.17) is 4.98 Å². The molecule has 2 aliphatic heterocycles. The Bertz CT molecular complexity index is 499. The summed E-state index contributed by atoms with van der Waals surface area (Å²) in [4.78, 5) is 10.1. The van der Waals surface area contributed by atoms with Crippen molar-refractivity contribution in [3.8, 4) is 0 Å². The first-order valence-electron chi connectivity index (χ1n) is 8.49. The maximum absolute atomic E-state index is 4.91. The molecular formula is C17H26N4. The largest absolute Gasteiger partial charge is 0.351 e. The van der Waals surface area contributed by atoms with E-state index in [1.807, 2.05) is 0 Å². The lowest BCUT2D eigenvalue weighted by Crippen LogP contribution is -2.55. The quantitative estimate of drug-likeness (QED) is 0.917. The van der Waals surface area contributed by atoms with Crippen LogP contribution in [-0.4, -0.2) is 47.6 Å². The zero-order valence-corrected chi connectivity index (χ0v) is 13.0. The number of aromatic nitrogens is 1. The van der Waals surface area contributed by atoms with Crippen LogP contribution >= 0.6 is 0 Å². The third kappa shape index (κ3) is 2.92. The van der Waals surface area contributed by atoms with Crippen LogP contribution in [-0.2, 0) is 6.54 Å². The first-order valence-corrected chi connectivity index (χ1v) is 8.49. The minimum Gasteiger partial charge on any atom is -0.351 e. The van der Waals surface area contributed by atoms with Gasteiger partial charge in [0.25, 0.3) is 0 Å². The van der Waals surface area contributed by atoms with E-state index in [1.165, 1.54) is 50.3 Å². The fraction of sp³-hybridized carbons (Fsp3) is 0.706. The normalized spacial score (nSPS) is 29.7. The smallest absolute Gasteiger partial charge is 0.129 e. The van der Waals surface area contributed by atoms with Gasteiger partial charge in [-0.1, -0.05) is 6.07 Å². The second-order valence-electron chi connectivity index (χ2n) is 6.93. The van der Waals surface area contributed by atoms with Crippen molar-refractivity contribution in [2.45, 2.75) is 57.3 Å². The summed E-state index contributed by atoms with van der Waals surface area (Å²) in [5, 5.41) is 3.56. The van der Waals surface area contributed by atoms with Crippen LogP contribution < -0.4 is 10.2 Å². The summed E-state index contributed by atoms with van der Waals surface area (Å²) in [6.07, 6.45) is 5.39. The molecule has 1 saturated carbocycles. The maximum Gasteiger partial charge on any atom is 0.129 e. The molecule has 114 valence electrons. The minimum absolute atomic E-state index is 0.568.